The Kier molecular flexibility index (Phi) is 14.9. The predicted octanol–water partition coefficient (Wildman–Crippen LogP) is 5.02. The summed E-state index contributed by atoms with van der Waals surface area (Å²) in [5.41, 5.74) is 8.90. The number of nitrogens with two attached hydrogens (primary N) is 1. The summed E-state index contributed by atoms with van der Waals surface area (Å²) >= 11 is 0. The predicted molar refractivity (Wildman–Crippen MR) is 244 cm³/mol. The maximum Gasteiger partial charge on any atom is 0.335 e. The van der Waals surface area contributed by atoms with E-state index >= 15 is 0 Å². The van der Waals surface area contributed by atoms with Gasteiger partial charge in [-0.25, -0.2) is 14.0 Å². The van der Waals surface area contributed by atoms with E-state index in [9.17, 15) is 14.0 Å². The molecule has 24 heteroatoms. The van der Waals surface area contributed by atoms with Crippen LogP contribution in [0.25, 0.3) is 51.6 Å². The quantitative estimate of drug-likeness (QED) is 0.129. The van der Waals surface area contributed by atoms with E-state index in [1.54, 1.807) is 61.2 Å². The zero-order valence-electron chi connectivity index (χ0n) is 36.3. The summed E-state index contributed by atoms with van der Waals surface area (Å²) in [6, 6.07) is 36.9. The Bertz CT molecular complexity index is 3280. The Hall–Kier alpha value is -10.1. The van der Waals surface area contributed by atoms with Gasteiger partial charge in [0.05, 0.1) is 33.9 Å². The van der Waals surface area contributed by atoms with Gasteiger partial charge in [0.15, 0.2) is 0 Å². The van der Waals surface area contributed by atoms with Gasteiger partial charge in [-0.2, -0.15) is 0 Å². The normalized spacial score (nSPS) is 10.5. The van der Waals surface area contributed by atoms with Crippen molar-refractivity contribution < 1.29 is 33.7 Å². The minimum Gasteiger partial charge on any atom is -0.492 e. The van der Waals surface area contributed by atoms with Crippen molar-refractivity contribution in [1.82, 2.24) is 80.6 Å². The Balaban J connectivity index is 0.000000142. The molecular weight excluding hydrogens is 906 g/mol. The second-order valence-corrected chi connectivity index (χ2v) is 14.1. The number of carbonyl (C=O) groups is 2. The number of nitrogens with zero attached hydrogens (tertiary/aromatic N) is 16. The Labute approximate surface area is 394 Å². The van der Waals surface area contributed by atoms with Gasteiger partial charge in [-0.1, -0.05) is 30.3 Å². The van der Waals surface area contributed by atoms with Crippen LogP contribution in [0, 0.1) is 5.82 Å². The highest BCUT2D eigenvalue weighted by Gasteiger charge is 2.16. The molecule has 0 unspecified atom stereocenters. The SMILES string of the molecule is Fc1cc(OCc2ccccn2)cc(-n2nnc(-c3ccccn3)n2)c1.NCCOc1cccc(-n2nnc(-c3ccccn3)n2)c1.O=C(O)c1cc(C(=O)O)cc(-n2nnc(-c3ccccn3)n2)c1. The highest BCUT2D eigenvalue weighted by Crippen LogP contribution is 2.22. The Morgan fingerprint density at radius 2 is 1.00 bits per heavy atom. The molecule has 348 valence electrons. The fourth-order valence-corrected chi connectivity index (χ4v) is 6.00. The van der Waals surface area contributed by atoms with E-state index in [0.717, 1.165) is 28.0 Å². The van der Waals surface area contributed by atoms with E-state index < -0.39 is 17.8 Å². The summed E-state index contributed by atoms with van der Waals surface area (Å²) in [5.74, 6) is -0.830. The molecule has 0 saturated carbocycles. The average molecular weight is 942 g/mol. The van der Waals surface area contributed by atoms with E-state index in [2.05, 4.69) is 66.2 Å². The van der Waals surface area contributed by atoms with Crippen molar-refractivity contribution in [2.24, 2.45) is 5.73 Å². The number of hydrogen-bond acceptors (Lipinski definition) is 18. The van der Waals surface area contributed by atoms with Crippen molar-refractivity contribution in [2.75, 3.05) is 13.2 Å². The summed E-state index contributed by atoms with van der Waals surface area (Å²) in [5, 5.41) is 54.5. The van der Waals surface area contributed by atoms with Crippen LogP contribution in [0.1, 0.15) is 26.4 Å². The first kappa shape index (κ1) is 46.4. The van der Waals surface area contributed by atoms with Gasteiger partial charge < -0.3 is 25.4 Å². The van der Waals surface area contributed by atoms with Crippen LogP contribution in [-0.4, -0.2) is 116 Å². The number of aromatic carboxylic acids is 2. The van der Waals surface area contributed by atoms with Crippen LogP contribution in [0.5, 0.6) is 11.5 Å². The van der Waals surface area contributed by atoms with Crippen LogP contribution >= 0.6 is 0 Å². The zero-order chi connectivity index (χ0) is 48.7. The summed E-state index contributed by atoms with van der Waals surface area (Å²) in [6.07, 6.45) is 6.58. The molecule has 7 aromatic heterocycles. The van der Waals surface area contributed by atoms with Crippen molar-refractivity contribution >= 4 is 11.9 Å². The first-order valence-corrected chi connectivity index (χ1v) is 20.7. The number of carboxylic acids is 2. The molecule has 0 amide bonds. The number of halogens is 1. The summed E-state index contributed by atoms with van der Waals surface area (Å²) in [6.45, 7) is 1.16. The molecular formula is C46H36FN17O6. The van der Waals surface area contributed by atoms with E-state index in [4.69, 9.17) is 25.4 Å². The highest BCUT2D eigenvalue weighted by atomic mass is 19.1. The third-order valence-corrected chi connectivity index (χ3v) is 9.20. The van der Waals surface area contributed by atoms with Gasteiger partial charge in [0.1, 0.15) is 47.6 Å². The smallest absolute Gasteiger partial charge is 0.335 e. The summed E-state index contributed by atoms with van der Waals surface area (Å²) in [4.78, 5) is 42.6. The van der Waals surface area contributed by atoms with Gasteiger partial charge in [0, 0.05) is 55.6 Å². The number of benzene rings is 3. The Morgan fingerprint density at radius 3 is 1.47 bits per heavy atom. The monoisotopic (exact) mass is 941 g/mol. The number of rotatable bonds is 14. The highest BCUT2D eigenvalue weighted by molar-refractivity contribution is 5.94. The molecule has 0 aliphatic heterocycles. The van der Waals surface area contributed by atoms with Gasteiger partial charge in [-0.3, -0.25) is 19.9 Å². The summed E-state index contributed by atoms with van der Waals surface area (Å²) < 4.78 is 25.1. The fraction of sp³-hybridized carbons (Fsp3) is 0.0652. The molecule has 10 aromatic rings. The number of ether oxygens (including phenoxy) is 2. The molecule has 23 nitrogen and oxygen atoms in total. The second-order valence-electron chi connectivity index (χ2n) is 14.1. The maximum atomic E-state index is 14.0. The minimum absolute atomic E-state index is 0.178. The lowest BCUT2D eigenvalue weighted by Gasteiger charge is -2.07. The largest absolute Gasteiger partial charge is 0.492 e. The molecule has 0 atom stereocenters. The lowest BCUT2D eigenvalue weighted by atomic mass is 10.1. The van der Waals surface area contributed by atoms with Gasteiger partial charge in [0.25, 0.3) is 0 Å². The van der Waals surface area contributed by atoms with Crippen molar-refractivity contribution in [3.05, 3.63) is 181 Å². The van der Waals surface area contributed by atoms with E-state index in [0.29, 0.717) is 53.3 Å². The minimum atomic E-state index is -1.25. The lowest BCUT2D eigenvalue weighted by molar-refractivity contribution is 0.0696. The van der Waals surface area contributed by atoms with E-state index in [1.165, 1.54) is 33.9 Å². The van der Waals surface area contributed by atoms with Crippen LogP contribution in [0.2, 0.25) is 0 Å². The third-order valence-electron chi connectivity index (χ3n) is 9.20. The molecule has 3 aromatic carbocycles. The summed E-state index contributed by atoms with van der Waals surface area (Å²) in [7, 11) is 0. The molecule has 70 heavy (non-hydrogen) atoms. The zero-order valence-corrected chi connectivity index (χ0v) is 36.3. The Morgan fingerprint density at radius 1 is 0.514 bits per heavy atom. The standard InChI is InChI=1S/C18H13FN6O.C14H14N6O.C14H9N5O4/c19-13-9-15(11-16(10-13)26-12-14-5-1-3-7-20-14)25-23-18(22-24-25)17-6-2-4-8-21-17;15-7-9-21-12-5-3-4-11(10-12)20-18-14(17-19-20)13-6-1-2-8-16-13;20-13(21)8-5-9(14(22)23)7-10(6-8)19-17-12(16-18-19)11-3-1-2-4-15-11/h1-11H,12H2;1-6,8,10H,7,9,15H2;1-7H,(H,20,21)(H,22,23). The van der Waals surface area contributed by atoms with Crippen molar-refractivity contribution in [3.8, 4) is 63.1 Å². The molecule has 0 aliphatic rings. The molecule has 0 bridgehead atoms. The lowest BCUT2D eigenvalue weighted by Crippen LogP contribution is -2.10. The first-order chi connectivity index (χ1) is 34.2. The number of carboxylic acid groups (broad SMARTS) is 2. The van der Waals surface area contributed by atoms with Gasteiger partial charge in [-0.05, 0) is 94.5 Å². The molecule has 0 fully saturated rings. The van der Waals surface area contributed by atoms with Crippen molar-refractivity contribution in [3.63, 3.8) is 0 Å². The van der Waals surface area contributed by atoms with E-state index in [-0.39, 0.29) is 29.2 Å². The third kappa shape index (κ3) is 12.2. The van der Waals surface area contributed by atoms with Crippen molar-refractivity contribution in [2.45, 2.75) is 6.61 Å². The van der Waals surface area contributed by atoms with Crippen LogP contribution in [0.3, 0.4) is 0 Å². The average Bonchev–Trinajstić information content (AvgIpc) is 4.22. The van der Waals surface area contributed by atoms with Crippen LogP contribution < -0.4 is 15.2 Å². The van der Waals surface area contributed by atoms with Crippen LogP contribution in [0.4, 0.5) is 4.39 Å². The van der Waals surface area contributed by atoms with E-state index in [1.807, 2.05) is 66.7 Å². The molecule has 0 aliphatic carbocycles. The molecule has 0 spiro atoms. The van der Waals surface area contributed by atoms with Crippen LogP contribution in [-0.2, 0) is 6.61 Å². The molecule has 4 N–H and O–H groups in total. The molecule has 0 saturated heterocycles. The first-order valence-electron chi connectivity index (χ1n) is 20.7. The second kappa shape index (κ2) is 22.4. The topological polar surface area (TPSA) is 301 Å². The van der Waals surface area contributed by atoms with Gasteiger partial charge >= 0.3 is 11.9 Å². The maximum absolute atomic E-state index is 14.0. The van der Waals surface area contributed by atoms with Crippen molar-refractivity contribution in [1.29, 1.82) is 0 Å². The number of hydrogen-bond donors (Lipinski definition) is 3. The number of tetrazole rings is 3. The van der Waals surface area contributed by atoms with Gasteiger partial charge in [0.2, 0.25) is 17.5 Å². The van der Waals surface area contributed by atoms with Crippen LogP contribution in [0.15, 0.2) is 158 Å². The number of aromatic nitrogens is 16. The fourth-order valence-electron chi connectivity index (χ4n) is 6.00. The molecule has 0 radical (unpaired) electrons. The molecule has 10 rings (SSSR count). The molecule has 7 heterocycles. The van der Waals surface area contributed by atoms with Gasteiger partial charge in [-0.15, -0.1) is 45.0 Å². The number of pyridine rings is 4.